The summed E-state index contributed by atoms with van der Waals surface area (Å²) < 4.78 is 6.88. The standard InChI is InChI=1S/C17H17BrN2O2S/c1-11-14(18)5-2-6-15(11)20-16(21)13-4-3-8-19-17(13)22-12-7-9-23-10-12/h2-6,8,12H,7,9-10H2,1H3,(H,20,21). The number of nitrogens with one attached hydrogen (secondary N) is 1. The van der Waals surface area contributed by atoms with Crippen molar-refractivity contribution in [1.82, 2.24) is 4.98 Å². The molecule has 120 valence electrons. The van der Waals surface area contributed by atoms with E-state index in [1.54, 1.807) is 18.3 Å². The summed E-state index contributed by atoms with van der Waals surface area (Å²) >= 11 is 5.34. The smallest absolute Gasteiger partial charge is 0.261 e. The molecule has 0 bridgehead atoms. The molecule has 0 aliphatic carbocycles. The molecule has 1 fully saturated rings. The van der Waals surface area contributed by atoms with E-state index in [4.69, 9.17) is 4.74 Å². The molecule has 1 aliphatic rings. The topological polar surface area (TPSA) is 51.2 Å². The van der Waals surface area contributed by atoms with Gasteiger partial charge in [-0.1, -0.05) is 22.0 Å². The fraction of sp³-hybridized carbons (Fsp3) is 0.294. The summed E-state index contributed by atoms with van der Waals surface area (Å²) in [6, 6.07) is 9.21. The molecule has 0 spiro atoms. The first-order chi connectivity index (χ1) is 11.1. The molecule has 0 radical (unpaired) electrons. The van der Waals surface area contributed by atoms with Crippen LogP contribution in [-0.4, -0.2) is 28.5 Å². The van der Waals surface area contributed by atoms with Crippen LogP contribution in [-0.2, 0) is 0 Å². The maximum Gasteiger partial charge on any atom is 0.261 e. The van der Waals surface area contributed by atoms with Crippen molar-refractivity contribution in [2.75, 3.05) is 16.8 Å². The molecule has 4 nitrogen and oxygen atoms in total. The Morgan fingerprint density at radius 1 is 1.39 bits per heavy atom. The molecule has 1 unspecified atom stereocenters. The molecule has 1 saturated heterocycles. The molecule has 23 heavy (non-hydrogen) atoms. The predicted molar refractivity (Wildman–Crippen MR) is 97.4 cm³/mol. The number of pyridine rings is 1. The number of hydrogen-bond donors (Lipinski definition) is 1. The molecule has 1 atom stereocenters. The van der Waals surface area contributed by atoms with Crippen LogP contribution in [0.25, 0.3) is 0 Å². The van der Waals surface area contributed by atoms with E-state index in [1.807, 2.05) is 36.9 Å². The van der Waals surface area contributed by atoms with Gasteiger partial charge in [0.2, 0.25) is 5.88 Å². The fourth-order valence-electron chi connectivity index (χ4n) is 2.35. The Bertz CT molecular complexity index is 717. The van der Waals surface area contributed by atoms with Crippen molar-refractivity contribution < 1.29 is 9.53 Å². The van der Waals surface area contributed by atoms with Gasteiger partial charge in [-0.05, 0) is 48.9 Å². The number of rotatable bonds is 4. The first-order valence-electron chi connectivity index (χ1n) is 7.41. The van der Waals surface area contributed by atoms with Crippen LogP contribution in [0.4, 0.5) is 5.69 Å². The molecular weight excluding hydrogens is 376 g/mol. The molecule has 0 saturated carbocycles. The average molecular weight is 393 g/mol. The Morgan fingerprint density at radius 2 is 2.26 bits per heavy atom. The lowest BCUT2D eigenvalue weighted by Gasteiger charge is -2.15. The van der Waals surface area contributed by atoms with Gasteiger partial charge < -0.3 is 10.1 Å². The number of thioether (sulfide) groups is 1. The Labute approximate surface area is 148 Å². The lowest BCUT2D eigenvalue weighted by molar-refractivity contribution is 0.101. The van der Waals surface area contributed by atoms with Gasteiger partial charge >= 0.3 is 0 Å². The normalized spacial score (nSPS) is 17.0. The SMILES string of the molecule is Cc1c(Br)cccc1NC(=O)c1cccnc1OC1CCSC1. The number of ether oxygens (including phenoxy) is 1. The highest BCUT2D eigenvalue weighted by Gasteiger charge is 2.21. The average Bonchev–Trinajstić information content (AvgIpc) is 3.05. The van der Waals surface area contributed by atoms with Gasteiger partial charge in [0, 0.05) is 22.1 Å². The maximum atomic E-state index is 12.6. The van der Waals surface area contributed by atoms with Crippen molar-refractivity contribution in [2.45, 2.75) is 19.4 Å². The van der Waals surface area contributed by atoms with Crippen molar-refractivity contribution in [2.24, 2.45) is 0 Å². The highest BCUT2D eigenvalue weighted by molar-refractivity contribution is 9.10. The van der Waals surface area contributed by atoms with E-state index in [9.17, 15) is 4.79 Å². The van der Waals surface area contributed by atoms with Gasteiger partial charge in [0.15, 0.2) is 0 Å². The minimum absolute atomic E-state index is 0.133. The van der Waals surface area contributed by atoms with Crippen LogP contribution in [0, 0.1) is 6.92 Å². The largest absolute Gasteiger partial charge is 0.473 e. The Balaban J connectivity index is 1.80. The van der Waals surface area contributed by atoms with Gasteiger partial charge in [0.05, 0.1) is 0 Å². The zero-order valence-electron chi connectivity index (χ0n) is 12.7. The van der Waals surface area contributed by atoms with Crippen LogP contribution in [0.2, 0.25) is 0 Å². The number of carbonyl (C=O) groups excluding carboxylic acids is 1. The molecule has 1 aromatic carbocycles. The number of anilines is 1. The summed E-state index contributed by atoms with van der Waals surface area (Å²) in [5.74, 6) is 2.24. The quantitative estimate of drug-likeness (QED) is 0.842. The molecule has 2 aromatic rings. The van der Waals surface area contributed by atoms with Crippen molar-refractivity contribution in [3.8, 4) is 5.88 Å². The number of amides is 1. The predicted octanol–water partition coefficient (Wildman–Crippen LogP) is 4.29. The monoisotopic (exact) mass is 392 g/mol. The number of halogens is 1. The lowest BCUT2D eigenvalue weighted by Crippen LogP contribution is -2.20. The molecule has 1 aliphatic heterocycles. The molecule has 1 aromatic heterocycles. The minimum atomic E-state index is -0.208. The molecule has 1 amide bonds. The van der Waals surface area contributed by atoms with E-state index < -0.39 is 0 Å². The Hall–Kier alpha value is -1.53. The van der Waals surface area contributed by atoms with Crippen molar-refractivity contribution in [1.29, 1.82) is 0 Å². The highest BCUT2D eigenvalue weighted by atomic mass is 79.9. The second-order valence-electron chi connectivity index (χ2n) is 5.33. The third kappa shape index (κ3) is 3.87. The van der Waals surface area contributed by atoms with Gasteiger partial charge in [-0.15, -0.1) is 0 Å². The molecule has 3 rings (SSSR count). The van der Waals surface area contributed by atoms with Gasteiger partial charge in [0.25, 0.3) is 5.91 Å². The number of benzene rings is 1. The van der Waals surface area contributed by atoms with Crippen LogP contribution < -0.4 is 10.1 Å². The van der Waals surface area contributed by atoms with Gasteiger partial charge in [-0.2, -0.15) is 11.8 Å². The molecule has 2 heterocycles. The number of nitrogens with zero attached hydrogens (tertiary/aromatic N) is 1. The van der Waals surface area contributed by atoms with E-state index in [2.05, 4.69) is 26.2 Å². The second-order valence-corrected chi connectivity index (χ2v) is 7.33. The number of carbonyl (C=O) groups is 1. The van der Waals surface area contributed by atoms with E-state index in [1.165, 1.54) is 0 Å². The first-order valence-corrected chi connectivity index (χ1v) is 9.36. The summed E-state index contributed by atoms with van der Waals surface area (Å²) in [4.78, 5) is 16.9. The van der Waals surface area contributed by atoms with E-state index >= 15 is 0 Å². The van der Waals surface area contributed by atoms with Crippen LogP contribution >= 0.6 is 27.7 Å². The van der Waals surface area contributed by atoms with Crippen LogP contribution in [0.5, 0.6) is 5.88 Å². The summed E-state index contributed by atoms with van der Waals surface area (Å²) in [5, 5.41) is 2.94. The molecular formula is C17H17BrN2O2S. The van der Waals surface area contributed by atoms with Crippen LogP contribution in [0.1, 0.15) is 22.3 Å². The maximum absolute atomic E-state index is 12.6. The minimum Gasteiger partial charge on any atom is -0.473 e. The number of hydrogen-bond acceptors (Lipinski definition) is 4. The van der Waals surface area contributed by atoms with E-state index in [-0.39, 0.29) is 12.0 Å². The fourth-order valence-corrected chi connectivity index (χ4v) is 3.81. The lowest BCUT2D eigenvalue weighted by atomic mass is 10.2. The number of aromatic nitrogens is 1. The van der Waals surface area contributed by atoms with Gasteiger partial charge in [0.1, 0.15) is 11.7 Å². The third-order valence-corrected chi connectivity index (χ3v) is 5.69. The zero-order valence-corrected chi connectivity index (χ0v) is 15.1. The first kappa shape index (κ1) is 16.3. The third-order valence-electron chi connectivity index (χ3n) is 3.70. The van der Waals surface area contributed by atoms with Crippen molar-refractivity contribution >= 4 is 39.3 Å². The van der Waals surface area contributed by atoms with Crippen LogP contribution in [0.3, 0.4) is 0 Å². The van der Waals surface area contributed by atoms with Gasteiger partial charge in [-0.25, -0.2) is 4.98 Å². The molecule has 6 heteroatoms. The summed E-state index contributed by atoms with van der Waals surface area (Å²) in [5.41, 5.74) is 2.22. The van der Waals surface area contributed by atoms with E-state index in [0.29, 0.717) is 11.4 Å². The van der Waals surface area contributed by atoms with Crippen LogP contribution in [0.15, 0.2) is 41.0 Å². The zero-order chi connectivity index (χ0) is 16.2. The van der Waals surface area contributed by atoms with Crippen molar-refractivity contribution in [3.05, 3.63) is 52.1 Å². The second kappa shape index (κ2) is 7.36. The summed E-state index contributed by atoms with van der Waals surface area (Å²) in [7, 11) is 0. The molecule has 1 N–H and O–H groups in total. The Kier molecular flexibility index (Phi) is 5.23. The van der Waals surface area contributed by atoms with E-state index in [0.717, 1.165) is 33.7 Å². The summed E-state index contributed by atoms with van der Waals surface area (Å²) in [6.07, 6.45) is 2.78. The Morgan fingerprint density at radius 3 is 3.04 bits per heavy atom. The highest BCUT2D eigenvalue weighted by Crippen LogP contribution is 2.27. The summed E-state index contributed by atoms with van der Waals surface area (Å²) in [6.45, 7) is 1.95. The van der Waals surface area contributed by atoms with Crippen molar-refractivity contribution in [3.63, 3.8) is 0 Å². The van der Waals surface area contributed by atoms with Gasteiger partial charge in [-0.3, -0.25) is 4.79 Å².